The summed E-state index contributed by atoms with van der Waals surface area (Å²) in [6, 6.07) is 0. The van der Waals surface area contributed by atoms with Gasteiger partial charge in [0, 0.05) is 35.0 Å². The van der Waals surface area contributed by atoms with Crippen molar-refractivity contribution in [1.29, 1.82) is 0 Å². The average molecular weight is 385 g/mol. The van der Waals surface area contributed by atoms with Crippen LogP contribution in [0.4, 0.5) is 5.82 Å². The van der Waals surface area contributed by atoms with Gasteiger partial charge in [0.25, 0.3) is 5.56 Å². The lowest BCUT2D eigenvalue weighted by Gasteiger charge is -2.45. The number of nitrogens with zero attached hydrogens (tertiary/aromatic N) is 4. The van der Waals surface area contributed by atoms with Gasteiger partial charge in [-0.15, -0.1) is 0 Å². The molecule has 3 heterocycles. The predicted molar refractivity (Wildman–Crippen MR) is 96.3 cm³/mol. The number of anilines is 1. The van der Waals surface area contributed by atoms with Crippen molar-refractivity contribution < 1.29 is 18.9 Å². The molecular weight excluding hydrogens is 358 g/mol. The highest BCUT2D eigenvalue weighted by atomic mass is 16.7. The summed E-state index contributed by atoms with van der Waals surface area (Å²) in [4.78, 5) is 33.3. The van der Waals surface area contributed by atoms with Crippen molar-refractivity contribution in [3.63, 3.8) is 0 Å². The van der Waals surface area contributed by atoms with Crippen LogP contribution in [0.15, 0.2) is 9.59 Å². The Morgan fingerprint density at radius 2 is 1.44 bits per heavy atom. The van der Waals surface area contributed by atoms with E-state index in [9.17, 15) is 9.59 Å². The summed E-state index contributed by atoms with van der Waals surface area (Å²) in [5.41, 5.74) is -0.200. The molecule has 0 atom stereocenters. The Morgan fingerprint density at radius 3 is 2.04 bits per heavy atom. The maximum atomic E-state index is 12.4. The van der Waals surface area contributed by atoms with Crippen molar-refractivity contribution in [2.75, 3.05) is 59.8 Å². The molecular formula is C16H27N5O6. The summed E-state index contributed by atoms with van der Waals surface area (Å²) in [5.74, 6) is 0.675. The fourth-order valence-electron chi connectivity index (χ4n) is 3.57. The molecule has 0 aliphatic carbocycles. The predicted octanol–water partition coefficient (Wildman–Crippen LogP) is -1.42. The van der Waals surface area contributed by atoms with E-state index in [0.717, 1.165) is 0 Å². The molecule has 11 nitrogen and oxygen atoms in total. The number of hydrogen-bond acceptors (Lipinski definition) is 9. The summed E-state index contributed by atoms with van der Waals surface area (Å²) in [7, 11) is 6.31. The topological polar surface area (TPSA) is 102 Å². The van der Waals surface area contributed by atoms with Crippen LogP contribution >= 0.6 is 0 Å². The van der Waals surface area contributed by atoms with Crippen LogP contribution in [0.5, 0.6) is 0 Å². The van der Waals surface area contributed by atoms with Gasteiger partial charge >= 0.3 is 5.69 Å². The highest BCUT2D eigenvalue weighted by Gasteiger charge is 2.34. The Morgan fingerprint density at radius 1 is 0.889 bits per heavy atom. The molecule has 0 spiro atoms. The van der Waals surface area contributed by atoms with Crippen LogP contribution in [0.2, 0.25) is 0 Å². The first kappa shape index (κ1) is 20.0. The Bertz CT molecular complexity index is 698. The number of aromatic nitrogens is 2. The average Bonchev–Trinajstić information content (AvgIpc) is 2.67. The van der Waals surface area contributed by atoms with E-state index in [1.54, 1.807) is 33.0 Å². The summed E-state index contributed by atoms with van der Waals surface area (Å²) in [6.07, 6.45) is -0.805. The molecule has 152 valence electrons. The Labute approximate surface area is 157 Å². The fraction of sp³-hybridized carbons (Fsp3) is 0.750. The Balaban J connectivity index is 1.90. The van der Waals surface area contributed by atoms with E-state index in [1.807, 2.05) is 9.80 Å². The molecule has 11 heteroatoms. The van der Waals surface area contributed by atoms with Crippen molar-refractivity contribution in [2.24, 2.45) is 0 Å². The number of methoxy groups -OCH3 is 4. The molecule has 3 rings (SSSR count). The highest BCUT2D eigenvalue weighted by molar-refractivity contribution is 5.49. The third-order valence-electron chi connectivity index (χ3n) is 4.90. The van der Waals surface area contributed by atoms with Gasteiger partial charge < -0.3 is 23.8 Å². The molecule has 0 radical (unpaired) electrons. The quantitative estimate of drug-likeness (QED) is 0.541. The van der Waals surface area contributed by atoms with Gasteiger partial charge in [0.1, 0.15) is 5.82 Å². The van der Waals surface area contributed by atoms with Crippen LogP contribution < -0.4 is 16.1 Å². The normalized spacial score (nSPS) is 17.8. The highest BCUT2D eigenvalue weighted by Crippen LogP contribution is 2.27. The van der Waals surface area contributed by atoms with Gasteiger partial charge in [0.2, 0.25) is 0 Å². The van der Waals surface area contributed by atoms with Crippen LogP contribution in [-0.2, 0) is 32.2 Å². The number of hydrogen-bond donors (Lipinski definition) is 1. The third kappa shape index (κ3) is 4.08. The van der Waals surface area contributed by atoms with Crippen molar-refractivity contribution in [1.82, 2.24) is 19.4 Å². The zero-order valence-electron chi connectivity index (χ0n) is 16.1. The molecule has 0 aromatic carbocycles. The van der Waals surface area contributed by atoms with E-state index < -0.39 is 18.3 Å². The summed E-state index contributed by atoms with van der Waals surface area (Å²) in [5, 5.41) is 0. The number of aromatic amines is 1. The minimum absolute atomic E-state index is 0.354. The summed E-state index contributed by atoms with van der Waals surface area (Å²) < 4.78 is 22.7. The standard InChI is InChI=1S/C16H27N5O6/c1-24-12(25-2)6-18-5-11-14(22)17-16(23)21-10-19(7-13(26-3)27-4)9-20(8-18)15(11)21/h12-13H,5-10H2,1-4H3,(H,17,22,23). The number of ether oxygens (including phenoxy) is 4. The lowest BCUT2D eigenvalue weighted by molar-refractivity contribution is -0.123. The summed E-state index contributed by atoms with van der Waals surface area (Å²) in [6.45, 7) is 2.85. The van der Waals surface area contributed by atoms with Crippen LogP contribution in [0.25, 0.3) is 0 Å². The molecule has 1 N–H and O–H groups in total. The largest absolute Gasteiger partial charge is 0.355 e. The van der Waals surface area contributed by atoms with E-state index in [0.29, 0.717) is 51.0 Å². The van der Waals surface area contributed by atoms with E-state index in [-0.39, 0.29) is 5.56 Å². The van der Waals surface area contributed by atoms with E-state index in [4.69, 9.17) is 18.9 Å². The first-order valence-electron chi connectivity index (χ1n) is 8.67. The van der Waals surface area contributed by atoms with Gasteiger partial charge in [-0.3, -0.25) is 24.1 Å². The fourth-order valence-corrected chi connectivity index (χ4v) is 3.57. The zero-order chi connectivity index (χ0) is 19.6. The molecule has 2 aliphatic heterocycles. The maximum Gasteiger partial charge on any atom is 0.331 e. The molecule has 0 amide bonds. The smallest absolute Gasteiger partial charge is 0.331 e. The van der Waals surface area contributed by atoms with Crippen molar-refractivity contribution >= 4 is 5.82 Å². The van der Waals surface area contributed by atoms with Crippen LogP contribution in [-0.4, -0.2) is 86.8 Å². The molecule has 2 aliphatic rings. The monoisotopic (exact) mass is 385 g/mol. The van der Waals surface area contributed by atoms with Gasteiger partial charge in [-0.05, 0) is 0 Å². The number of H-pyrrole nitrogens is 1. The van der Waals surface area contributed by atoms with E-state index in [1.165, 1.54) is 0 Å². The number of rotatable bonds is 8. The molecule has 0 saturated carbocycles. The SMILES string of the molecule is COC(CN1Cc2c3n(c(=O)[nH]c2=O)CN(CC(OC)OC)CN3C1)OC. The van der Waals surface area contributed by atoms with Gasteiger partial charge in [0.15, 0.2) is 12.6 Å². The lowest BCUT2D eigenvalue weighted by Crippen LogP contribution is -2.58. The van der Waals surface area contributed by atoms with Crippen molar-refractivity contribution in [3.05, 3.63) is 26.4 Å². The maximum absolute atomic E-state index is 12.4. The first-order chi connectivity index (χ1) is 13.0. The lowest BCUT2D eigenvalue weighted by atomic mass is 10.2. The Hall–Kier alpha value is -1.76. The van der Waals surface area contributed by atoms with Gasteiger partial charge in [-0.25, -0.2) is 4.79 Å². The molecule has 0 bridgehead atoms. The van der Waals surface area contributed by atoms with Gasteiger partial charge in [0.05, 0.1) is 38.7 Å². The molecule has 0 fully saturated rings. The second kappa shape index (κ2) is 8.50. The second-order valence-electron chi connectivity index (χ2n) is 6.62. The van der Waals surface area contributed by atoms with E-state index in [2.05, 4.69) is 9.88 Å². The van der Waals surface area contributed by atoms with Crippen LogP contribution in [0, 0.1) is 0 Å². The molecule has 0 unspecified atom stereocenters. The molecule has 27 heavy (non-hydrogen) atoms. The van der Waals surface area contributed by atoms with Gasteiger partial charge in [-0.2, -0.15) is 0 Å². The summed E-state index contributed by atoms with van der Waals surface area (Å²) >= 11 is 0. The second-order valence-corrected chi connectivity index (χ2v) is 6.62. The zero-order valence-corrected chi connectivity index (χ0v) is 16.1. The van der Waals surface area contributed by atoms with Crippen LogP contribution in [0.3, 0.4) is 0 Å². The van der Waals surface area contributed by atoms with Gasteiger partial charge in [-0.1, -0.05) is 0 Å². The van der Waals surface area contributed by atoms with E-state index >= 15 is 0 Å². The third-order valence-corrected chi connectivity index (χ3v) is 4.90. The minimum Gasteiger partial charge on any atom is -0.355 e. The first-order valence-corrected chi connectivity index (χ1v) is 8.67. The van der Waals surface area contributed by atoms with Crippen molar-refractivity contribution in [3.8, 4) is 0 Å². The minimum atomic E-state index is -0.417. The Kier molecular flexibility index (Phi) is 6.29. The molecule has 0 saturated heterocycles. The van der Waals surface area contributed by atoms with Crippen molar-refractivity contribution in [2.45, 2.75) is 25.8 Å². The molecule has 1 aromatic heterocycles. The number of nitrogens with one attached hydrogen (secondary N) is 1. The molecule has 1 aromatic rings. The van der Waals surface area contributed by atoms with Crippen LogP contribution in [0.1, 0.15) is 5.56 Å².